The molecule has 0 radical (unpaired) electrons. The molecule has 3 saturated heterocycles. The first kappa shape index (κ1) is 65.1. The van der Waals surface area contributed by atoms with Crippen LogP contribution in [0.2, 0.25) is 0 Å². The number of amides is 1. The lowest BCUT2D eigenvalue weighted by Gasteiger charge is -2.49. The van der Waals surface area contributed by atoms with Crippen LogP contribution in [0.4, 0.5) is 4.79 Å². The Morgan fingerprint density at radius 2 is 1.64 bits per heavy atom. The fourth-order valence-corrected chi connectivity index (χ4v) is 13.0. The van der Waals surface area contributed by atoms with Gasteiger partial charge in [0, 0.05) is 71.7 Å². The number of benzene rings is 1. The fraction of sp³-hybridized carbons (Fsp3) is 0.768. The number of carboxylic acids is 1. The van der Waals surface area contributed by atoms with Crippen LogP contribution in [0.15, 0.2) is 33.2 Å². The maximum Gasteiger partial charge on any atom is 0.407 e. The molecule has 1 amide bonds. The van der Waals surface area contributed by atoms with Gasteiger partial charge >= 0.3 is 18.0 Å². The highest BCUT2D eigenvalue weighted by Gasteiger charge is 2.54. The first-order chi connectivity index (χ1) is 37.3. The van der Waals surface area contributed by atoms with Gasteiger partial charge in [0.2, 0.25) is 5.43 Å². The van der Waals surface area contributed by atoms with Gasteiger partial charge in [-0.3, -0.25) is 9.59 Å². The van der Waals surface area contributed by atoms with Crippen LogP contribution in [-0.2, 0) is 59.8 Å². The Morgan fingerprint density at radius 3 is 2.26 bits per heavy atom. The summed E-state index contributed by atoms with van der Waals surface area (Å²) in [5, 5.41) is 74.8. The number of aliphatic hydroxyl groups excluding tert-OH is 2. The molecule has 6 rings (SSSR count). The molecule has 18 atom stereocenters. The predicted molar refractivity (Wildman–Crippen MR) is 294 cm³/mol. The van der Waals surface area contributed by atoms with E-state index in [1.807, 2.05) is 45.8 Å². The number of oxime groups is 1. The zero-order valence-electron chi connectivity index (χ0n) is 49.0. The van der Waals surface area contributed by atoms with Gasteiger partial charge in [0.25, 0.3) is 0 Å². The molecule has 7 N–H and O–H groups in total. The van der Waals surface area contributed by atoms with Gasteiger partial charge in [-0.05, 0) is 101 Å². The number of likely N-dealkylation sites (N-methyl/N-ethyl adjacent to an activating group) is 1. The number of carbonyl (C=O) groups is 3. The van der Waals surface area contributed by atoms with Gasteiger partial charge in [0.1, 0.15) is 34.7 Å². The number of rotatable bonds is 16. The molecular weight excluding hydrogens is 1060 g/mol. The summed E-state index contributed by atoms with van der Waals surface area (Å²) >= 11 is 1.42. The molecule has 4 aliphatic rings. The van der Waals surface area contributed by atoms with Gasteiger partial charge in [-0.1, -0.05) is 32.9 Å². The van der Waals surface area contributed by atoms with Crippen molar-refractivity contribution in [2.24, 2.45) is 28.8 Å². The third-order valence-electron chi connectivity index (χ3n) is 16.7. The largest absolute Gasteiger partial charge is 0.477 e. The van der Waals surface area contributed by atoms with Crippen LogP contribution in [0.5, 0.6) is 0 Å². The highest BCUT2D eigenvalue weighted by atomic mass is 32.2. The smallest absolute Gasteiger partial charge is 0.407 e. The molecule has 0 bridgehead atoms. The molecule has 3 fully saturated rings. The lowest BCUT2D eigenvalue weighted by atomic mass is 9.73. The molecule has 452 valence electrons. The van der Waals surface area contributed by atoms with Crippen molar-refractivity contribution in [3.8, 4) is 0 Å². The summed E-state index contributed by atoms with van der Waals surface area (Å²) in [5.41, 5.74) is -5.44. The van der Waals surface area contributed by atoms with E-state index in [4.69, 9.17) is 42.6 Å². The van der Waals surface area contributed by atoms with E-state index in [9.17, 15) is 49.9 Å². The van der Waals surface area contributed by atoms with E-state index in [1.54, 1.807) is 59.1 Å². The Labute approximate surface area is 472 Å². The SMILES string of the molecule is CC[C@H]1OC(=O)[C@H](C)[C@@H](O[C@H]2C[C@@](C)(OC)[C@@H](OC(=O)NCCOCCSc3cc4c5c(c3)c(=O)c(C(=O)O)cn5C(C)(C)OC4)[C@H](C)O2)[C@H](C)[C@@H](OC2O[C@H](C)C[C@H](N(C)C)[C@H]2O)[C@](C)(O)C[C@@H](C)/C(=N\O)[C@H](C)[C@@H](O)[C@]1(C)O. The average Bonchev–Trinajstić information content (AvgIpc) is 3.38. The van der Waals surface area contributed by atoms with E-state index in [0.717, 1.165) is 10.5 Å². The van der Waals surface area contributed by atoms with E-state index < -0.39 is 125 Å². The van der Waals surface area contributed by atoms with Gasteiger partial charge in [0.05, 0.1) is 73.1 Å². The first-order valence-electron chi connectivity index (χ1n) is 27.7. The highest BCUT2D eigenvalue weighted by molar-refractivity contribution is 7.99. The quantitative estimate of drug-likeness (QED) is 0.0389. The zero-order valence-corrected chi connectivity index (χ0v) is 49.8. The molecule has 0 aliphatic carbocycles. The normalized spacial score (nSPS) is 37.7. The number of nitrogens with one attached hydrogen (secondary N) is 1. The van der Waals surface area contributed by atoms with Gasteiger partial charge in [0.15, 0.2) is 18.7 Å². The number of aromatic carboxylic acids is 1. The van der Waals surface area contributed by atoms with Gasteiger partial charge < -0.3 is 88.2 Å². The molecule has 4 aliphatic heterocycles. The van der Waals surface area contributed by atoms with Crippen molar-refractivity contribution in [2.75, 3.05) is 46.7 Å². The molecule has 0 saturated carbocycles. The van der Waals surface area contributed by atoms with Crippen molar-refractivity contribution < 1.29 is 87.8 Å². The number of pyridine rings is 1. The number of alkyl carbamates (subject to hydrolysis) is 1. The van der Waals surface area contributed by atoms with Gasteiger partial charge in [-0.25, -0.2) is 9.59 Å². The van der Waals surface area contributed by atoms with Crippen LogP contribution in [0.1, 0.15) is 125 Å². The van der Waals surface area contributed by atoms with Crippen LogP contribution in [0.3, 0.4) is 0 Å². The van der Waals surface area contributed by atoms with Crippen molar-refractivity contribution in [3.05, 3.63) is 39.7 Å². The number of carboxylic acid groups (broad SMARTS) is 1. The molecule has 24 heteroatoms. The second-order valence-electron chi connectivity index (χ2n) is 23.6. The molecule has 1 unspecified atom stereocenters. The third-order valence-corrected chi connectivity index (χ3v) is 17.7. The number of cyclic esters (lactones) is 1. The number of hydrogen-bond acceptors (Lipinski definition) is 21. The summed E-state index contributed by atoms with van der Waals surface area (Å²) in [5.74, 6) is -5.48. The fourth-order valence-electron chi connectivity index (χ4n) is 12.1. The molecule has 2 aromatic rings. The first-order valence-corrected chi connectivity index (χ1v) is 28.6. The number of aliphatic hydroxyl groups is 4. The number of thioether (sulfide) groups is 1. The summed E-state index contributed by atoms with van der Waals surface area (Å²) in [6, 6.07) is 3.23. The Bertz CT molecular complexity index is 2580. The number of aromatic nitrogens is 1. The minimum atomic E-state index is -2.04. The topological polar surface area (TPSA) is 305 Å². The van der Waals surface area contributed by atoms with E-state index in [2.05, 4.69) is 10.5 Å². The highest BCUT2D eigenvalue weighted by Crippen LogP contribution is 2.42. The molecule has 0 spiro atoms. The van der Waals surface area contributed by atoms with E-state index in [-0.39, 0.29) is 69.0 Å². The molecule has 1 aromatic heterocycles. The lowest BCUT2D eigenvalue weighted by Crippen LogP contribution is -2.61. The Morgan fingerprint density at radius 1 is 0.950 bits per heavy atom. The van der Waals surface area contributed by atoms with Crippen LogP contribution in [0, 0.1) is 23.7 Å². The van der Waals surface area contributed by atoms with E-state index in [1.165, 1.54) is 38.9 Å². The van der Waals surface area contributed by atoms with Gasteiger partial charge in [-0.15, -0.1) is 11.8 Å². The number of nitrogens with zero attached hydrogens (tertiary/aromatic N) is 3. The summed E-state index contributed by atoms with van der Waals surface area (Å²) in [7, 11) is 5.12. The maximum absolute atomic E-state index is 14.5. The molecular formula is C56H88N4O19S. The Balaban J connectivity index is 1.16. The van der Waals surface area contributed by atoms with Crippen LogP contribution >= 0.6 is 11.8 Å². The van der Waals surface area contributed by atoms with Crippen molar-refractivity contribution in [2.45, 2.75) is 210 Å². The van der Waals surface area contributed by atoms with Crippen LogP contribution in [-0.4, -0.2) is 195 Å². The van der Waals surface area contributed by atoms with E-state index >= 15 is 0 Å². The third kappa shape index (κ3) is 14.1. The molecule has 1 aromatic carbocycles. The number of ether oxygens (including phenoxy) is 9. The van der Waals surface area contributed by atoms with Crippen LogP contribution < -0.4 is 10.7 Å². The number of esters is 1. The molecule has 5 heterocycles. The summed E-state index contributed by atoms with van der Waals surface area (Å²) in [6.45, 7) is 20.8. The zero-order chi connectivity index (χ0) is 59.6. The summed E-state index contributed by atoms with van der Waals surface area (Å²) < 4.78 is 57.9. The number of carbonyl (C=O) groups excluding carboxylic acids is 2. The second kappa shape index (κ2) is 26.3. The number of methoxy groups -OCH3 is 1. The van der Waals surface area contributed by atoms with Gasteiger partial charge in [-0.2, -0.15) is 0 Å². The summed E-state index contributed by atoms with van der Waals surface area (Å²) in [6.07, 6.45) is -10.1. The Kier molecular flexibility index (Phi) is 21.4. The number of hydrogen-bond donors (Lipinski definition) is 7. The van der Waals surface area contributed by atoms with Crippen molar-refractivity contribution in [3.63, 3.8) is 0 Å². The predicted octanol–water partition coefficient (Wildman–Crippen LogP) is 4.83. The van der Waals surface area contributed by atoms with Crippen molar-refractivity contribution >= 4 is 46.4 Å². The lowest BCUT2D eigenvalue weighted by molar-refractivity contribution is -0.317. The summed E-state index contributed by atoms with van der Waals surface area (Å²) in [4.78, 5) is 55.8. The minimum Gasteiger partial charge on any atom is -0.477 e. The van der Waals surface area contributed by atoms with Crippen LogP contribution in [0.25, 0.3) is 10.9 Å². The Hall–Kier alpha value is -4.02. The standard InChI is InChI=1S/C56H88N4O19S/c1-16-39-56(12,69)46(63)30(4)41(58-70)28(2)24-54(10,68)47(78-51-44(62)38(59(13)14)21-29(3)74-51)31(5)45(32(6)50(66)76-39)77-40-25-55(11,71-15)48(33(7)75-40)79-52(67)57-17-18-72-19-20-80-35-22-34-27-73-53(8,9)60-26-37(49(64)65)43(61)36(23-35)42(34)60/h22-23,26,28-33,38-40,44-48,51,62-63,68-70H,16-21,24-25,27H2,1-15H3,(H,57,67)(H,64,65)/b58-41+/t28-,29-,30+,31+,32-,33+,38+,39-,40+,44-,45+,46-,47-,48+,51?,54-,55-,56-/m1/s1. The minimum absolute atomic E-state index is 0.0315. The second-order valence-corrected chi connectivity index (χ2v) is 24.8. The van der Waals surface area contributed by atoms with Crippen molar-refractivity contribution in [1.29, 1.82) is 0 Å². The maximum atomic E-state index is 14.5. The molecule has 23 nitrogen and oxygen atoms in total. The van der Waals surface area contributed by atoms with Crippen molar-refractivity contribution in [1.82, 2.24) is 14.8 Å². The molecule has 80 heavy (non-hydrogen) atoms. The average molecular weight is 1150 g/mol. The van der Waals surface area contributed by atoms with E-state index in [0.29, 0.717) is 23.1 Å². The monoisotopic (exact) mass is 1150 g/mol.